The predicted molar refractivity (Wildman–Crippen MR) is 256 cm³/mol. The van der Waals surface area contributed by atoms with Gasteiger partial charge in [-0.25, -0.2) is 0 Å². The lowest BCUT2D eigenvalue weighted by Gasteiger charge is -2.42. The Hall–Kier alpha value is -6.44. The lowest BCUT2D eigenvalue weighted by molar-refractivity contribution is 0.332. The zero-order valence-corrected chi connectivity index (χ0v) is 35.8. The van der Waals surface area contributed by atoms with E-state index in [1.54, 1.807) is 0 Å². The first kappa shape index (κ1) is 37.8. The maximum absolute atomic E-state index is 2.54. The average molecular weight is 776 g/mol. The van der Waals surface area contributed by atoms with Crippen LogP contribution in [0.15, 0.2) is 188 Å². The van der Waals surface area contributed by atoms with Gasteiger partial charge in [0.2, 0.25) is 0 Å². The molecule has 294 valence electrons. The van der Waals surface area contributed by atoms with Gasteiger partial charge in [-0.3, -0.25) is 0 Å². The van der Waals surface area contributed by atoms with Crippen molar-refractivity contribution in [3.8, 4) is 55.6 Å². The first-order valence-corrected chi connectivity index (χ1v) is 21.6. The molecule has 0 N–H and O–H groups in total. The van der Waals surface area contributed by atoms with Crippen molar-refractivity contribution in [3.63, 3.8) is 0 Å². The minimum atomic E-state index is -0.165. The Morgan fingerprint density at radius 3 is 1.47 bits per heavy atom. The van der Waals surface area contributed by atoms with Crippen LogP contribution in [0.2, 0.25) is 0 Å². The normalized spacial score (nSPS) is 15.4. The Kier molecular flexibility index (Phi) is 9.06. The molecule has 10 rings (SSSR count). The van der Waals surface area contributed by atoms with E-state index in [-0.39, 0.29) is 16.2 Å². The molecule has 8 aromatic rings. The minimum absolute atomic E-state index is 0.0844. The molecule has 0 amide bonds. The molecule has 0 saturated heterocycles. The first-order chi connectivity index (χ1) is 29.0. The van der Waals surface area contributed by atoms with Crippen LogP contribution in [-0.2, 0) is 16.2 Å². The molecule has 0 atom stereocenters. The van der Waals surface area contributed by atoms with E-state index in [2.05, 4.69) is 234 Å². The Bertz CT molecular complexity index is 2860. The van der Waals surface area contributed by atoms with E-state index >= 15 is 0 Å². The van der Waals surface area contributed by atoms with Crippen LogP contribution in [-0.4, -0.2) is 0 Å². The summed E-state index contributed by atoms with van der Waals surface area (Å²) in [5, 5.41) is 0. The van der Waals surface area contributed by atoms with Crippen molar-refractivity contribution in [2.75, 3.05) is 4.90 Å². The van der Waals surface area contributed by atoms with Gasteiger partial charge >= 0.3 is 0 Å². The first-order valence-electron chi connectivity index (χ1n) is 21.6. The topological polar surface area (TPSA) is 3.24 Å². The number of hydrogen-bond acceptors (Lipinski definition) is 1. The fourth-order valence-corrected chi connectivity index (χ4v) is 10.1. The molecule has 0 aliphatic heterocycles. The summed E-state index contributed by atoms with van der Waals surface area (Å²) in [5.74, 6) is 0. The third-order valence-electron chi connectivity index (χ3n) is 13.8. The Morgan fingerprint density at radius 1 is 0.317 bits per heavy atom. The number of fused-ring (bicyclic) bond motifs is 4. The van der Waals surface area contributed by atoms with E-state index in [4.69, 9.17) is 0 Å². The van der Waals surface area contributed by atoms with Gasteiger partial charge in [-0.15, -0.1) is 0 Å². The highest BCUT2D eigenvalue weighted by Crippen LogP contribution is 2.55. The third-order valence-corrected chi connectivity index (χ3v) is 13.8. The van der Waals surface area contributed by atoms with Crippen molar-refractivity contribution in [2.45, 2.75) is 70.6 Å². The predicted octanol–water partition coefficient (Wildman–Crippen LogP) is 16.5. The van der Waals surface area contributed by atoms with Crippen LogP contribution in [0.1, 0.15) is 76.6 Å². The summed E-state index contributed by atoms with van der Waals surface area (Å²) in [5.41, 5.74) is 21.6. The smallest absolute Gasteiger partial charge is 0.0543 e. The van der Waals surface area contributed by atoms with Gasteiger partial charge < -0.3 is 4.90 Å². The number of benzene rings is 8. The number of para-hydroxylation sites is 1. The van der Waals surface area contributed by atoms with Crippen LogP contribution in [0.5, 0.6) is 0 Å². The lowest BCUT2D eigenvalue weighted by Crippen LogP contribution is -2.33. The monoisotopic (exact) mass is 775 g/mol. The van der Waals surface area contributed by atoms with Crippen molar-refractivity contribution < 1.29 is 0 Å². The fraction of sp³-hybridized carbons (Fsp3) is 0.186. The molecular weight excluding hydrogens is 723 g/mol. The largest absolute Gasteiger partial charge is 0.309 e. The molecule has 1 nitrogen and oxygen atoms in total. The van der Waals surface area contributed by atoms with Gasteiger partial charge in [-0.2, -0.15) is 0 Å². The summed E-state index contributed by atoms with van der Waals surface area (Å²) in [7, 11) is 0. The molecule has 2 aliphatic carbocycles. The van der Waals surface area contributed by atoms with E-state index in [1.165, 1.54) is 96.4 Å². The molecule has 0 bridgehead atoms. The lowest BCUT2D eigenvalue weighted by atomic mass is 9.63. The van der Waals surface area contributed by atoms with Crippen molar-refractivity contribution in [3.05, 3.63) is 210 Å². The molecule has 0 heterocycles. The van der Waals surface area contributed by atoms with E-state index < -0.39 is 0 Å². The zero-order chi connectivity index (χ0) is 41.2. The number of hydrogen-bond donors (Lipinski definition) is 0. The molecule has 0 spiro atoms. The Morgan fingerprint density at radius 2 is 0.817 bits per heavy atom. The molecule has 1 heteroatoms. The molecular formula is C59H53N. The molecule has 0 saturated carbocycles. The van der Waals surface area contributed by atoms with Crippen LogP contribution < -0.4 is 4.90 Å². The zero-order valence-electron chi connectivity index (χ0n) is 35.8. The second-order valence-electron chi connectivity index (χ2n) is 18.8. The van der Waals surface area contributed by atoms with Crippen molar-refractivity contribution in [1.82, 2.24) is 0 Å². The standard InChI is InChI=1S/C59H53N/c1-57(2)35-36-58(3,4)54-37-45(31-34-52(54)57)49-38-50-48-22-13-15-23-51(48)59(5,6)53(50)39-56(49)60(55-24-16-14-21-47(55)44-19-11-8-12-20-44)46-32-29-43(30-33-46)42-27-25-41(26-28-42)40-17-9-7-10-18-40/h7-34,37-39H,35-36H2,1-6H3. The van der Waals surface area contributed by atoms with Crippen LogP contribution in [0.25, 0.3) is 55.6 Å². The molecule has 0 radical (unpaired) electrons. The third kappa shape index (κ3) is 6.40. The highest BCUT2D eigenvalue weighted by Gasteiger charge is 2.39. The van der Waals surface area contributed by atoms with Crippen LogP contribution in [0.3, 0.4) is 0 Å². The second kappa shape index (κ2) is 14.4. The van der Waals surface area contributed by atoms with E-state index in [9.17, 15) is 0 Å². The fourth-order valence-electron chi connectivity index (χ4n) is 10.1. The van der Waals surface area contributed by atoms with Crippen molar-refractivity contribution in [2.24, 2.45) is 0 Å². The molecule has 2 aliphatic rings. The van der Waals surface area contributed by atoms with Gasteiger partial charge in [-0.1, -0.05) is 199 Å². The summed E-state index contributed by atoms with van der Waals surface area (Å²) < 4.78 is 0. The van der Waals surface area contributed by atoms with Crippen LogP contribution in [0, 0.1) is 0 Å². The van der Waals surface area contributed by atoms with Crippen LogP contribution >= 0.6 is 0 Å². The summed E-state index contributed by atoms with van der Waals surface area (Å²) >= 11 is 0. The maximum atomic E-state index is 2.54. The van der Waals surface area contributed by atoms with Crippen molar-refractivity contribution in [1.29, 1.82) is 0 Å². The molecule has 0 fully saturated rings. The van der Waals surface area contributed by atoms with E-state index in [0.29, 0.717) is 0 Å². The van der Waals surface area contributed by atoms with Gasteiger partial charge in [-0.05, 0) is 121 Å². The SMILES string of the molecule is CC1(C)CCC(C)(C)c2cc(-c3cc4c(cc3N(c3ccc(-c5ccc(-c6ccccc6)cc5)cc3)c3ccccc3-c3ccccc3)C(C)(C)c3ccccc3-4)ccc21. The summed E-state index contributed by atoms with van der Waals surface area (Å²) in [6.45, 7) is 14.5. The number of rotatable bonds is 7. The van der Waals surface area contributed by atoms with Gasteiger partial charge in [0.1, 0.15) is 0 Å². The molecule has 8 aromatic carbocycles. The minimum Gasteiger partial charge on any atom is -0.309 e. The molecule has 60 heavy (non-hydrogen) atoms. The summed E-state index contributed by atoms with van der Waals surface area (Å²) in [6.07, 6.45) is 2.37. The van der Waals surface area contributed by atoms with Gasteiger partial charge in [0, 0.05) is 22.2 Å². The van der Waals surface area contributed by atoms with Crippen LogP contribution in [0.4, 0.5) is 17.1 Å². The second-order valence-corrected chi connectivity index (χ2v) is 18.8. The highest BCUT2D eigenvalue weighted by molar-refractivity contribution is 5.97. The maximum Gasteiger partial charge on any atom is 0.0543 e. The molecule has 0 unspecified atom stereocenters. The summed E-state index contributed by atoms with van der Waals surface area (Å²) in [6, 6.07) is 70.0. The van der Waals surface area contributed by atoms with Crippen molar-refractivity contribution >= 4 is 17.1 Å². The average Bonchev–Trinajstić information content (AvgIpc) is 3.51. The van der Waals surface area contributed by atoms with Gasteiger partial charge in [0.25, 0.3) is 0 Å². The number of nitrogens with zero attached hydrogens (tertiary/aromatic N) is 1. The Labute approximate surface area is 357 Å². The highest BCUT2D eigenvalue weighted by atomic mass is 15.1. The quantitative estimate of drug-likeness (QED) is 0.156. The van der Waals surface area contributed by atoms with E-state index in [1.807, 2.05) is 0 Å². The van der Waals surface area contributed by atoms with Gasteiger partial charge in [0.05, 0.1) is 11.4 Å². The molecule has 0 aromatic heterocycles. The van der Waals surface area contributed by atoms with E-state index in [0.717, 1.165) is 11.4 Å². The number of anilines is 3. The van der Waals surface area contributed by atoms with Gasteiger partial charge in [0.15, 0.2) is 0 Å². The summed E-state index contributed by atoms with van der Waals surface area (Å²) in [4.78, 5) is 2.54. The Balaban J connectivity index is 1.20.